The van der Waals surface area contributed by atoms with Crippen molar-refractivity contribution in [2.75, 3.05) is 19.6 Å². The van der Waals surface area contributed by atoms with E-state index in [-0.39, 0.29) is 36.3 Å². The number of carbonyl (C=O) groups is 2. The Morgan fingerprint density at radius 2 is 1.89 bits per heavy atom. The number of nitrogens with one attached hydrogen (secondary N) is 2. The van der Waals surface area contributed by atoms with Crippen LogP contribution in [0.1, 0.15) is 18.6 Å². The van der Waals surface area contributed by atoms with Crippen molar-refractivity contribution in [2.45, 2.75) is 24.3 Å². The van der Waals surface area contributed by atoms with Gasteiger partial charge in [0.15, 0.2) is 0 Å². The average molecular weight is 405 g/mol. The number of hydrogen-bond donors (Lipinski definition) is 2. The predicted octanol–water partition coefficient (Wildman–Crippen LogP) is 1.11. The number of hydrogen-bond acceptors (Lipinski definition) is 5. The first-order valence-corrected chi connectivity index (χ1v) is 10.5. The van der Waals surface area contributed by atoms with E-state index in [4.69, 9.17) is 4.42 Å². The summed E-state index contributed by atoms with van der Waals surface area (Å²) in [4.78, 5) is 24.5. The van der Waals surface area contributed by atoms with Crippen LogP contribution in [0.3, 0.4) is 0 Å². The summed E-state index contributed by atoms with van der Waals surface area (Å²) in [5.74, 6) is -0.519. The van der Waals surface area contributed by atoms with Gasteiger partial charge in [-0.1, -0.05) is 18.2 Å². The summed E-state index contributed by atoms with van der Waals surface area (Å²) >= 11 is 0. The molecule has 1 aromatic heterocycles. The molecular formula is C19H23N3O5S. The Bertz CT molecular complexity index is 897. The molecule has 28 heavy (non-hydrogen) atoms. The number of sulfonamides is 1. The molecule has 1 atom stereocenters. The molecule has 0 spiro atoms. The van der Waals surface area contributed by atoms with E-state index in [1.165, 1.54) is 10.6 Å². The molecule has 1 aliphatic rings. The zero-order valence-electron chi connectivity index (χ0n) is 15.3. The van der Waals surface area contributed by atoms with Crippen molar-refractivity contribution in [1.82, 2.24) is 14.9 Å². The van der Waals surface area contributed by atoms with Gasteiger partial charge in [-0.15, -0.1) is 0 Å². The quantitative estimate of drug-likeness (QED) is 0.717. The first kappa shape index (κ1) is 20.1. The average Bonchev–Trinajstić information content (AvgIpc) is 3.25. The number of carbonyl (C=O) groups excluding carboxylic acids is 2. The smallest absolute Gasteiger partial charge is 0.243 e. The molecule has 1 saturated heterocycles. The number of furan rings is 1. The minimum atomic E-state index is -3.63. The molecule has 8 nitrogen and oxygen atoms in total. The van der Waals surface area contributed by atoms with Gasteiger partial charge in [-0.05, 0) is 37.1 Å². The number of rotatable bonds is 7. The first-order chi connectivity index (χ1) is 13.5. The van der Waals surface area contributed by atoms with Crippen LogP contribution in [-0.2, 0) is 26.2 Å². The van der Waals surface area contributed by atoms with Crippen molar-refractivity contribution in [3.63, 3.8) is 0 Å². The van der Waals surface area contributed by atoms with Crippen LogP contribution < -0.4 is 10.6 Å². The van der Waals surface area contributed by atoms with Crippen LogP contribution in [0.15, 0.2) is 58.0 Å². The Morgan fingerprint density at radius 1 is 1.11 bits per heavy atom. The molecule has 0 radical (unpaired) electrons. The number of piperidine rings is 1. The van der Waals surface area contributed by atoms with E-state index >= 15 is 0 Å². The summed E-state index contributed by atoms with van der Waals surface area (Å²) < 4.78 is 31.9. The molecule has 2 aromatic rings. The van der Waals surface area contributed by atoms with Gasteiger partial charge in [0.1, 0.15) is 5.76 Å². The lowest BCUT2D eigenvalue weighted by Gasteiger charge is -2.31. The van der Waals surface area contributed by atoms with Crippen molar-refractivity contribution in [1.29, 1.82) is 0 Å². The molecule has 2 heterocycles. The van der Waals surface area contributed by atoms with Gasteiger partial charge in [0.2, 0.25) is 21.8 Å². The maximum atomic E-state index is 12.7. The van der Waals surface area contributed by atoms with Crippen molar-refractivity contribution >= 4 is 21.8 Å². The lowest BCUT2D eigenvalue weighted by atomic mass is 9.99. The third-order valence-electron chi connectivity index (χ3n) is 4.60. The summed E-state index contributed by atoms with van der Waals surface area (Å²) in [6, 6.07) is 11.6. The third-order valence-corrected chi connectivity index (χ3v) is 6.48. The lowest BCUT2D eigenvalue weighted by Crippen LogP contribution is -2.47. The highest BCUT2D eigenvalue weighted by Gasteiger charge is 2.33. The van der Waals surface area contributed by atoms with E-state index in [0.717, 1.165) is 0 Å². The van der Waals surface area contributed by atoms with E-state index in [0.29, 0.717) is 25.1 Å². The Kier molecular flexibility index (Phi) is 6.48. The molecule has 1 aromatic carbocycles. The van der Waals surface area contributed by atoms with Crippen LogP contribution in [0.2, 0.25) is 0 Å². The van der Waals surface area contributed by atoms with Crippen molar-refractivity contribution in [3.8, 4) is 0 Å². The fourth-order valence-electron chi connectivity index (χ4n) is 3.09. The minimum Gasteiger partial charge on any atom is -0.467 e. The molecule has 0 saturated carbocycles. The maximum absolute atomic E-state index is 12.7. The summed E-state index contributed by atoms with van der Waals surface area (Å²) in [5, 5.41) is 5.24. The molecule has 2 amide bonds. The predicted molar refractivity (Wildman–Crippen MR) is 101 cm³/mol. The highest BCUT2D eigenvalue weighted by Crippen LogP contribution is 2.23. The molecule has 1 aliphatic heterocycles. The maximum Gasteiger partial charge on any atom is 0.243 e. The Morgan fingerprint density at radius 3 is 2.61 bits per heavy atom. The van der Waals surface area contributed by atoms with E-state index in [2.05, 4.69) is 10.6 Å². The molecule has 0 bridgehead atoms. The highest BCUT2D eigenvalue weighted by molar-refractivity contribution is 7.89. The lowest BCUT2D eigenvalue weighted by molar-refractivity contribution is -0.129. The van der Waals surface area contributed by atoms with Gasteiger partial charge >= 0.3 is 0 Å². The van der Waals surface area contributed by atoms with E-state index in [9.17, 15) is 18.0 Å². The fraction of sp³-hybridized carbons (Fsp3) is 0.368. The molecule has 150 valence electrons. The fourth-order valence-corrected chi connectivity index (χ4v) is 4.63. The Labute approximate surface area is 164 Å². The first-order valence-electron chi connectivity index (χ1n) is 9.09. The van der Waals surface area contributed by atoms with E-state index < -0.39 is 15.9 Å². The second-order valence-corrected chi connectivity index (χ2v) is 8.53. The van der Waals surface area contributed by atoms with Crippen molar-refractivity contribution < 1.29 is 22.4 Å². The van der Waals surface area contributed by atoms with Crippen LogP contribution in [0.4, 0.5) is 0 Å². The van der Waals surface area contributed by atoms with Crippen LogP contribution in [0.5, 0.6) is 0 Å². The van der Waals surface area contributed by atoms with Gasteiger partial charge < -0.3 is 15.1 Å². The van der Waals surface area contributed by atoms with Gasteiger partial charge in [0.25, 0.3) is 0 Å². The molecule has 0 aliphatic carbocycles. The molecule has 9 heteroatoms. The van der Waals surface area contributed by atoms with Gasteiger partial charge in [0.05, 0.1) is 30.2 Å². The van der Waals surface area contributed by atoms with Gasteiger partial charge in [0, 0.05) is 13.1 Å². The monoisotopic (exact) mass is 405 g/mol. The molecule has 1 fully saturated rings. The molecule has 3 rings (SSSR count). The van der Waals surface area contributed by atoms with Gasteiger partial charge in [-0.25, -0.2) is 8.42 Å². The summed E-state index contributed by atoms with van der Waals surface area (Å²) in [5.41, 5.74) is 0. The Balaban J connectivity index is 1.51. The summed E-state index contributed by atoms with van der Waals surface area (Å²) in [6.07, 6.45) is 2.69. The van der Waals surface area contributed by atoms with Crippen LogP contribution in [0, 0.1) is 5.92 Å². The largest absolute Gasteiger partial charge is 0.467 e. The van der Waals surface area contributed by atoms with Crippen molar-refractivity contribution in [2.24, 2.45) is 5.92 Å². The molecule has 2 N–H and O–H groups in total. The zero-order valence-corrected chi connectivity index (χ0v) is 16.2. The highest BCUT2D eigenvalue weighted by atomic mass is 32.2. The van der Waals surface area contributed by atoms with E-state index in [1.54, 1.807) is 42.5 Å². The van der Waals surface area contributed by atoms with Gasteiger partial charge in [-0.2, -0.15) is 4.31 Å². The zero-order chi connectivity index (χ0) is 20.0. The number of nitrogens with zero attached hydrogens (tertiary/aromatic N) is 1. The van der Waals surface area contributed by atoms with E-state index in [1.807, 2.05) is 0 Å². The second-order valence-electron chi connectivity index (χ2n) is 6.59. The standard InChI is InChI=1S/C19H23N3O5S/c23-18(20-12-16-7-5-11-27-16)13-21-19(24)15-6-4-10-22(14-15)28(25,26)17-8-2-1-3-9-17/h1-3,5,7-9,11,15H,4,6,10,12-14H2,(H,20,23)(H,21,24). The number of benzene rings is 1. The van der Waals surface area contributed by atoms with Crippen molar-refractivity contribution in [3.05, 3.63) is 54.5 Å². The topological polar surface area (TPSA) is 109 Å². The third kappa shape index (κ3) is 4.99. The second kappa shape index (κ2) is 9.03. The minimum absolute atomic E-state index is 0.108. The normalized spacial score (nSPS) is 17.8. The Hall–Kier alpha value is -2.65. The van der Waals surface area contributed by atoms with Crippen LogP contribution in [-0.4, -0.2) is 44.2 Å². The SMILES string of the molecule is O=C(CNC(=O)C1CCCN(S(=O)(=O)c2ccccc2)C1)NCc1ccco1. The molecule has 1 unspecified atom stereocenters. The van der Waals surface area contributed by atoms with Gasteiger partial charge in [-0.3, -0.25) is 9.59 Å². The summed E-state index contributed by atoms with van der Waals surface area (Å²) in [6.45, 7) is 0.567. The summed E-state index contributed by atoms with van der Waals surface area (Å²) in [7, 11) is -3.63. The molecular weight excluding hydrogens is 382 g/mol. The number of amides is 2. The van der Waals surface area contributed by atoms with Crippen LogP contribution >= 0.6 is 0 Å². The van der Waals surface area contributed by atoms with Crippen LogP contribution in [0.25, 0.3) is 0 Å².